The molecule has 3 amide bonds. The van der Waals surface area contributed by atoms with Crippen molar-refractivity contribution < 1.29 is 32.7 Å². The minimum absolute atomic E-state index is 0.116. The van der Waals surface area contributed by atoms with Crippen LogP contribution < -0.4 is 16.3 Å². The third-order valence-electron chi connectivity index (χ3n) is 12.3. The number of nitrogens with one attached hydrogen (secondary N) is 2. The van der Waals surface area contributed by atoms with Crippen LogP contribution in [0.4, 0.5) is 13.2 Å². The van der Waals surface area contributed by atoms with Gasteiger partial charge in [-0.15, -0.1) is 11.3 Å². The number of carbonyl (C=O) groups excluding carboxylic acids is 3. The van der Waals surface area contributed by atoms with E-state index in [4.69, 9.17) is 10.1 Å². The first-order chi connectivity index (χ1) is 28.9. The van der Waals surface area contributed by atoms with E-state index in [2.05, 4.69) is 39.9 Å². The zero-order valence-corrected chi connectivity index (χ0v) is 33.7. The molecule has 6 aromatic rings. The Bertz CT molecular complexity index is 2750. The Morgan fingerprint density at radius 3 is 2.60 bits per heavy atom. The van der Waals surface area contributed by atoms with E-state index in [-0.39, 0.29) is 36.5 Å². The topological polar surface area (TPSA) is 156 Å². The lowest BCUT2D eigenvalue weighted by Crippen LogP contribution is -2.44. The molecule has 2 aliphatic heterocycles. The number of imidazole rings is 1. The van der Waals surface area contributed by atoms with E-state index >= 15 is 0 Å². The Morgan fingerprint density at radius 2 is 1.80 bits per heavy atom. The lowest BCUT2D eigenvalue weighted by Gasteiger charge is -2.28. The molecule has 13 nitrogen and oxygen atoms in total. The second-order valence-corrected chi connectivity index (χ2v) is 17.3. The summed E-state index contributed by atoms with van der Waals surface area (Å²) in [5, 5.41) is 21.1. The van der Waals surface area contributed by atoms with Crippen LogP contribution in [0.5, 0.6) is 5.75 Å². The number of fused-ring (bicyclic) bond motifs is 3. The van der Waals surface area contributed by atoms with E-state index in [9.17, 15) is 37.5 Å². The highest BCUT2D eigenvalue weighted by atomic mass is 32.1. The molecule has 5 heterocycles. The van der Waals surface area contributed by atoms with Gasteiger partial charge in [0.15, 0.2) is 17.4 Å². The first kappa shape index (κ1) is 39.6. The Labute approximate surface area is 345 Å². The van der Waals surface area contributed by atoms with Crippen molar-refractivity contribution in [3.63, 3.8) is 0 Å². The maximum absolute atomic E-state index is 14.2. The average molecular weight is 841 g/mol. The van der Waals surface area contributed by atoms with Gasteiger partial charge >= 0.3 is 5.69 Å². The van der Waals surface area contributed by atoms with E-state index in [1.54, 1.807) is 23.0 Å². The van der Waals surface area contributed by atoms with Crippen LogP contribution in [0.3, 0.4) is 0 Å². The summed E-state index contributed by atoms with van der Waals surface area (Å²) >= 11 is 1.72. The molecular formula is C43H43F3N8O5S. The van der Waals surface area contributed by atoms with Crippen LogP contribution in [-0.4, -0.2) is 71.3 Å². The van der Waals surface area contributed by atoms with Crippen LogP contribution in [0.2, 0.25) is 0 Å². The Hall–Kier alpha value is -5.81. The van der Waals surface area contributed by atoms with Crippen molar-refractivity contribution in [2.24, 2.45) is 13.0 Å². The summed E-state index contributed by atoms with van der Waals surface area (Å²) in [5.74, 6) is -7.78. The summed E-state index contributed by atoms with van der Waals surface area (Å²) < 4.78 is 46.7. The van der Waals surface area contributed by atoms with Gasteiger partial charge in [-0.05, 0) is 87.2 Å². The van der Waals surface area contributed by atoms with Gasteiger partial charge in [-0.1, -0.05) is 18.2 Å². The van der Waals surface area contributed by atoms with Crippen molar-refractivity contribution in [2.75, 3.05) is 19.6 Å². The molecular weight excluding hydrogens is 798 g/mol. The number of phenolic OH excluding ortho intramolecular Hbond substituents is 1. The molecule has 0 unspecified atom stereocenters. The predicted molar refractivity (Wildman–Crippen MR) is 218 cm³/mol. The SMILES string of the molecule is Cn1c(=O)n([C@@H]2CCC(=O)NC2=O)c2ccc(CCCN3CCc4nc(-c5ccc6cn(C7CCC(CNC(=O)c8cc(F)c(O)c(F)c8F)CC7)nc6c5)sc4C3)cc21. The molecule has 1 aliphatic carbocycles. The Morgan fingerprint density at radius 1 is 0.983 bits per heavy atom. The second-order valence-electron chi connectivity index (χ2n) is 16.2. The van der Waals surface area contributed by atoms with Crippen LogP contribution in [-0.2, 0) is 36.0 Å². The first-order valence-electron chi connectivity index (χ1n) is 20.3. The number of nitrogens with zero attached hydrogens (tertiary/aromatic N) is 6. The number of thiazole rings is 1. The average Bonchev–Trinajstić information content (AvgIpc) is 3.94. The summed E-state index contributed by atoms with van der Waals surface area (Å²) in [6.45, 7) is 2.92. The number of rotatable bonds is 10. The highest BCUT2D eigenvalue weighted by Crippen LogP contribution is 2.36. The fourth-order valence-electron chi connectivity index (χ4n) is 8.92. The fraction of sp³-hybridized carbons (Fsp3) is 0.395. The van der Waals surface area contributed by atoms with E-state index in [0.717, 1.165) is 103 Å². The summed E-state index contributed by atoms with van der Waals surface area (Å²) in [7, 11) is 1.71. The number of amides is 3. The van der Waals surface area contributed by atoms with Gasteiger partial charge in [-0.3, -0.25) is 38.4 Å². The minimum atomic E-state index is -1.78. The molecule has 3 aliphatic rings. The third kappa shape index (κ3) is 7.48. The molecule has 17 heteroatoms. The maximum atomic E-state index is 14.2. The van der Waals surface area contributed by atoms with Gasteiger partial charge in [0.05, 0.1) is 33.8 Å². The van der Waals surface area contributed by atoms with Gasteiger partial charge in [-0.2, -0.15) is 9.49 Å². The number of aromatic nitrogens is 5. The van der Waals surface area contributed by atoms with Crippen LogP contribution in [0.15, 0.2) is 53.5 Å². The largest absolute Gasteiger partial charge is 0.503 e. The van der Waals surface area contributed by atoms with Gasteiger partial charge < -0.3 is 10.4 Å². The molecule has 0 bridgehead atoms. The van der Waals surface area contributed by atoms with Gasteiger partial charge in [0.1, 0.15) is 11.0 Å². The first-order valence-corrected chi connectivity index (χ1v) is 21.1. The summed E-state index contributed by atoms with van der Waals surface area (Å²) in [5.41, 5.74) is 4.58. The monoisotopic (exact) mass is 840 g/mol. The highest BCUT2D eigenvalue weighted by molar-refractivity contribution is 7.15. The number of phenols is 1. The third-order valence-corrected chi connectivity index (χ3v) is 13.4. The number of benzene rings is 3. The van der Waals surface area contributed by atoms with Crippen LogP contribution in [0, 0.1) is 23.4 Å². The molecule has 60 heavy (non-hydrogen) atoms. The molecule has 0 radical (unpaired) electrons. The molecule has 9 rings (SSSR count). The number of aromatic hydroxyl groups is 1. The van der Waals surface area contributed by atoms with Crippen molar-refractivity contribution in [2.45, 2.75) is 76.4 Å². The quantitative estimate of drug-likeness (QED) is 0.111. The number of aryl methyl sites for hydroxylation is 2. The van der Waals surface area contributed by atoms with Crippen molar-refractivity contribution in [3.05, 3.63) is 98.3 Å². The second kappa shape index (κ2) is 16.0. The Kier molecular flexibility index (Phi) is 10.6. The fourth-order valence-corrected chi connectivity index (χ4v) is 10.1. The van der Waals surface area contributed by atoms with Crippen LogP contribution >= 0.6 is 11.3 Å². The van der Waals surface area contributed by atoms with Crippen LogP contribution in [0.25, 0.3) is 32.5 Å². The molecule has 1 saturated carbocycles. The normalized spacial score (nSPS) is 19.8. The van der Waals surface area contributed by atoms with E-state index in [1.165, 1.54) is 9.44 Å². The van der Waals surface area contributed by atoms with E-state index < -0.39 is 46.6 Å². The minimum Gasteiger partial charge on any atom is -0.503 e. The number of imide groups is 1. The molecule has 3 aromatic heterocycles. The summed E-state index contributed by atoms with van der Waals surface area (Å²) in [4.78, 5) is 58.7. The highest BCUT2D eigenvalue weighted by Gasteiger charge is 2.32. The van der Waals surface area contributed by atoms with Crippen molar-refractivity contribution in [3.8, 4) is 16.3 Å². The molecule has 1 atom stereocenters. The van der Waals surface area contributed by atoms with Crippen LogP contribution in [0.1, 0.15) is 83.5 Å². The number of hydrogen-bond acceptors (Lipinski definition) is 9. The number of piperidine rings is 1. The van der Waals surface area contributed by atoms with E-state index in [1.807, 2.05) is 22.9 Å². The van der Waals surface area contributed by atoms with Gasteiger partial charge in [0, 0.05) is 61.5 Å². The predicted octanol–water partition coefficient (Wildman–Crippen LogP) is 6.07. The zero-order chi connectivity index (χ0) is 41.8. The summed E-state index contributed by atoms with van der Waals surface area (Å²) in [6.07, 6.45) is 8.45. The van der Waals surface area contributed by atoms with Crippen molar-refractivity contribution in [1.29, 1.82) is 0 Å². The van der Waals surface area contributed by atoms with Gasteiger partial charge in [-0.25, -0.2) is 18.6 Å². The Balaban J connectivity index is 0.781. The molecule has 3 aromatic carbocycles. The zero-order valence-electron chi connectivity index (χ0n) is 32.8. The maximum Gasteiger partial charge on any atom is 0.329 e. The smallest absolute Gasteiger partial charge is 0.329 e. The number of carbonyl (C=O) groups is 3. The van der Waals surface area contributed by atoms with Crippen molar-refractivity contribution >= 4 is 51.0 Å². The molecule has 3 N–H and O–H groups in total. The van der Waals surface area contributed by atoms with Gasteiger partial charge in [0.25, 0.3) is 5.91 Å². The number of hydrogen-bond donors (Lipinski definition) is 3. The summed E-state index contributed by atoms with van der Waals surface area (Å²) in [6, 6.07) is 12.2. The molecule has 2 fully saturated rings. The van der Waals surface area contributed by atoms with E-state index in [0.29, 0.717) is 18.0 Å². The van der Waals surface area contributed by atoms with Gasteiger partial charge in [0.2, 0.25) is 17.6 Å². The molecule has 312 valence electrons. The van der Waals surface area contributed by atoms with Crippen molar-refractivity contribution in [1.82, 2.24) is 39.4 Å². The standard InChI is InChI=1S/C43H43F3N8O5S/c1-51-34-17-23(6-11-32(34)54(43(51)59)33-12-13-36(55)49-41(33)58)3-2-15-52-16-14-30-35(22-52)60-42(48-30)25-7-8-26-21-53(50-31(26)18-25)27-9-4-24(5-10-27)20-47-40(57)28-19-29(44)39(56)38(46)37(28)45/h6-8,11,17-19,21,24,27,33,56H,2-5,9-10,12-16,20,22H2,1H3,(H,47,57)(H,49,55,58)/t24?,27?,33-/m1/s1. The molecule has 0 spiro atoms. The lowest BCUT2D eigenvalue weighted by molar-refractivity contribution is -0.135. The molecule has 1 saturated heterocycles. The number of halogens is 3. The lowest BCUT2D eigenvalue weighted by atomic mass is 9.86.